The summed E-state index contributed by atoms with van der Waals surface area (Å²) in [6, 6.07) is 3.93. The van der Waals surface area contributed by atoms with Crippen LogP contribution >= 0.6 is 0 Å². The van der Waals surface area contributed by atoms with E-state index in [-0.39, 0.29) is 17.7 Å². The molecule has 1 aromatic rings. The molecule has 3 heteroatoms. The van der Waals surface area contributed by atoms with Gasteiger partial charge in [-0.05, 0) is 49.6 Å². The maximum atomic E-state index is 13.5. The highest BCUT2D eigenvalue weighted by atomic mass is 19.1. The lowest BCUT2D eigenvalue weighted by Crippen LogP contribution is -2.32. The highest BCUT2D eigenvalue weighted by molar-refractivity contribution is 5.19. The standard InChI is InChI=1S/C14H19F2N/c1-17-13(7-10-3-2-4-10)9-11-8-12(15)5-6-14(11)16/h5-6,8,10,13,17H,2-4,7,9H2,1H3. The van der Waals surface area contributed by atoms with Crippen LogP contribution < -0.4 is 5.32 Å². The first-order valence-corrected chi connectivity index (χ1v) is 6.30. The average Bonchev–Trinajstić information content (AvgIpc) is 2.26. The van der Waals surface area contributed by atoms with E-state index in [9.17, 15) is 8.78 Å². The highest BCUT2D eigenvalue weighted by Crippen LogP contribution is 2.31. The molecule has 17 heavy (non-hydrogen) atoms. The van der Waals surface area contributed by atoms with Crippen molar-refractivity contribution >= 4 is 0 Å². The molecule has 0 aromatic heterocycles. The van der Waals surface area contributed by atoms with Crippen LogP contribution in [-0.2, 0) is 6.42 Å². The molecule has 1 aromatic carbocycles. The van der Waals surface area contributed by atoms with Gasteiger partial charge < -0.3 is 5.32 Å². The van der Waals surface area contributed by atoms with E-state index in [4.69, 9.17) is 0 Å². The molecule has 1 aliphatic rings. The number of hydrogen-bond acceptors (Lipinski definition) is 1. The fourth-order valence-electron chi connectivity index (χ4n) is 2.40. The molecule has 1 fully saturated rings. The van der Waals surface area contributed by atoms with Crippen LogP contribution in [0.25, 0.3) is 0 Å². The summed E-state index contributed by atoms with van der Waals surface area (Å²) in [4.78, 5) is 0. The van der Waals surface area contributed by atoms with E-state index in [2.05, 4.69) is 5.32 Å². The van der Waals surface area contributed by atoms with Gasteiger partial charge in [-0.3, -0.25) is 0 Å². The van der Waals surface area contributed by atoms with Crippen LogP contribution in [0.4, 0.5) is 8.78 Å². The van der Waals surface area contributed by atoms with Gasteiger partial charge in [0.1, 0.15) is 11.6 Å². The van der Waals surface area contributed by atoms with Crippen molar-refractivity contribution in [2.24, 2.45) is 5.92 Å². The zero-order valence-corrected chi connectivity index (χ0v) is 10.2. The molecule has 1 unspecified atom stereocenters. The van der Waals surface area contributed by atoms with Gasteiger partial charge in [0, 0.05) is 6.04 Å². The van der Waals surface area contributed by atoms with Gasteiger partial charge in [-0.2, -0.15) is 0 Å². The molecule has 0 heterocycles. The van der Waals surface area contributed by atoms with Gasteiger partial charge in [0.05, 0.1) is 0 Å². The van der Waals surface area contributed by atoms with Crippen LogP contribution in [0.1, 0.15) is 31.2 Å². The summed E-state index contributed by atoms with van der Waals surface area (Å²) in [5.74, 6) is 0.101. The van der Waals surface area contributed by atoms with E-state index >= 15 is 0 Å². The Morgan fingerprint density at radius 1 is 1.35 bits per heavy atom. The first kappa shape index (κ1) is 12.5. The second kappa shape index (κ2) is 5.58. The summed E-state index contributed by atoms with van der Waals surface area (Å²) in [6.45, 7) is 0. The molecule has 1 atom stereocenters. The number of likely N-dealkylation sites (N-methyl/N-ethyl adjacent to an activating group) is 1. The van der Waals surface area contributed by atoms with Gasteiger partial charge in [0.2, 0.25) is 0 Å². The number of nitrogens with one attached hydrogen (secondary N) is 1. The van der Waals surface area contributed by atoms with Crippen molar-refractivity contribution in [2.45, 2.75) is 38.1 Å². The van der Waals surface area contributed by atoms with E-state index < -0.39 is 0 Å². The summed E-state index contributed by atoms with van der Waals surface area (Å²) in [7, 11) is 1.89. The minimum Gasteiger partial charge on any atom is -0.317 e. The van der Waals surface area contributed by atoms with Crippen LogP contribution in [-0.4, -0.2) is 13.1 Å². The maximum Gasteiger partial charge on any atom is 0.126 e. The minimum atomic E-state index is -0.361. The Morgan fingerprint density at radius 2 is 2.12 bits per heavy atom. The molecule has 0 spiro atoms. The minimum absolute atomic E-state index is 0.247. The summed E-state index contributed by atoms with van der Waals surface area (Å²) in [6.07, 6.45) is 5.51. The van der Waals surface area contributed by atoms with Gasteiger partial charge >= 0.3 is 0 Å². The third kappa shape index (κ3) is 3.25. The Labute approximate surface area is 101 Å². The SMILES string of the molecule is CNC(Cc1cc(F)ccc1F)CC1CCC1. The van der Waals surface area contributed by atoms with Crippen molar-refractivity contribution in [1.29, 1.82) is 0 Å². The quantitative estimate of drug-likeness (QED) is 0.831. The molecule has 1 aliphatic carbocycles. The van der Waals surface area contributed by atoms with Gasteiger partial charge in [-0.1, -0.05) is 19.3 Å². The fraction of sp³-hybridized carbons (Fsp3) is 0.571. The Kier molecular flexibility index (Phi) is 4.11. The maximum absolute atomic E-state index is 13.5. The average molecular weight is 239 g/mol. The Hall–Kier alpha value is -0.960. The normalized spacial score (nSPS) is 17.8. The first-order valence-electron chi connectivity index (χ1n) is 6.30. The van der Waals surface area contributed by atoms with Crippen LogP contribution in [0.3, 0.4) is 0 Å². The van der Waals surface area contributed by atoms with Gasteiger partial charge in [-0.15, -0.1) is 0 Å². The Morgan fingerprint density at radius 3 is 2.71 bits per heavy atom. The summed E-state index contributed by atoms with van der Waals surface area (Å²) >= 11 is 0. The molecule has 1 saturated carbocycles. The molecule has 94 valence electrons. The van der Waals surface area contributed by atoms with Crippen LogP contribution in [0.5, 0.6) is 0 Å². The smallest absolute Gasteiger partial charge is 0.126 e. The molecule has 0 saturated heterocycles. The molecule has 2 rings (SSSR count). The second-order valence-corrected chi connectivity index (χ2v) is 4.96. The molecule has 1 N–H and O–H groups in total. The summed E-state index contributed by atoms with van der Waals surface area (Å²) in [5, 5.41) is 3.21. The fourth-order valence-corrected chi connectivity index (χ4v) is 2.40. The largest absolute Gasteiger partial charge is 0.317 e. The van der Waals surface area contributed by atoms with E-state index in [0.29, 0.717) is 12.0 Å². The van der Waals surface area contributed by atoms with E-state index in [1.165, 1.54) is 37.5 Å². The topological polar surface area (TPSA) is 12.0 Å². The predicted molar refractivity (Wildman–Crippen MR) is 64.9 cm³/mol. The highest BCUT2D eigenvalue weighted by Gasteiger charge is 2.22. The van der Waals surface area contributed by atoms with E-state index in [1.807, 2.05) is 7.05 Å². The Balaban J connectivity index is 1.98. The third-order valence-corrected chi connectivity index (χ3v) is 3.72. The monoisotopic (exact) mass is 239 g/mol. The van der Waals surface area contributed by atoms with Crippen molar-refractivity contribution in [3.8, 4) is 0 Å². The molecule has 1 nitrogen and oxygen atoms in total. The second-order valence-electron chi connectivity index (χ2n) is 4.96. The number of halogens is 2. The van der Waals surface area contributed by atoms with Crippen LogP contribution in [0.15, 0.2) is 18.2 Å². The first-order chi connectivity index (χ1) is 8.19. The van der Waals surface area contributed by atoms with Crippen molar-refractivity contribution in [3.63, 3.8) is 0 Å². The van der Waals surface area contributed by atoms with Crippen LogP contribution in [0, 0.1) is 17.6 Å². The van der Waals surface area contributed by atoms with E-state index in [0.717, 1.165) is 12.3 Å². The van der Waals surface area contributed by atoms with E-state index in [1.54, 1.807) is 0 Å². The third-order valence-electron chi connectivity index (χ3n) is 3.72. The molecule has 0 aliphatic heterocycles. The van der Waals surface area contributed by atoms with Gasteiger partial charge in [0.15, 0.2) is 0 Å². The van der Waals surface area contributed by atoms with Crippen molar-refractivity contribution in [3.05, 3.63) is 35.4 Å². The summed E-state index contributed by atoms with van der Waals surface area (Å²) < 4.78 is 26.6. The molecule has 0 bridgehead atoms. The molecular weight excluding hydrogens is 220 g/mol. The molecule has 0 radical (unpaired) electrons. The number of rotatable bonds is 5. The lowest BCUT2D eigenvalue weighted by atomic mass is 9.80. The zero-order chi connectivity index (χ0) is 12.3. The lowest BCUT2D eigenvalue weighted by molar-refractivity contribution is 0.263. The predicted octanol–water partition coefficient (Wildman–Crippen LogP) is 3.29. The van der Waals surface area contributed by atoms with Crippen LogP contribution in [0.2, 0.25) is 0 Å². The molecule has 0 amide bonds. The molecular formula is C14H19F2N. The zero-order valence-electron chi connectivity index (χ0n) is 10.2. The summed E-state index contributed by atoms with van der Waals surface area (Å²) in [5.41, 5.74) is 0.476. The van der Waals surface area contributed by atoms with Gasteiger partial charge in [0.25, 0.3) is 0 Å². The van der Waals surface area contributed by atoms with Crippen molar-refractivity contribution in [1.82, 2.24) is 5.32 Å². The Bertz CT molecular complexity index is 374. The number of benzene rings is 1. The lowest BCUT2D eigenvalue weighted by Gasteiger charge is -2.29. The van der Waals surface area contributed by atoms with Gasteiger partial charge in [-0.25, -0.2) is 8.78 Å². The van der Waals surface area contributed by atoms with Crippen molar-refractivity contribution in [2.75, 3.05) is 7.05 Å². The van der Waals surface area contributed by atoms with Crippen molar-refractivity contribution < 1.29 is 8.78 Å². The number of hydrogen-bond donors (Lipinski definition) is 1.